The molecule has 0 bridgehead atoms. The monoisotopic (exact) mass is 327 g/mol. The molecule has 0 aromatic heterocycles. The fourth-order valence-electron chi connectivity index (χ4n) is 2.54. The van der Waals surface area contributed by atoms with Crippen molar-refractivity contribution in [3.63, 3.8) is 0 Å². The first-order valence-electron chi connectivity index (χ1n) is 8.11. The number of ether oxygens (including phenoxy) is 2. The number of carbonyl (C=O) groups is 1. The zero-order chi connectivity index (χ0) is 17.5. The van der Waals surface area contributed by atoms with Crippen LogP contribution in [-0.2, 0) is 11.2 Å². The quantitative estimate of drug-likeness (QED) is 0.847. The zero-order valence-electron chi connectivity index (χ0n) is 14.8. The molecular formula is C20H25NO3. The van der Waals surface area contributed by atoms with Crippen molar-refractivity contribution in [3.05, 3.63) is 59.2 Å². The van der Waals surface area contributed by atoms with Gasteiger partial charge in [-0.25, -0.2) is 0 Å². The number of hydrogen-bond donors (Lipinski definition) is 1. The topological polar surface area (TPSA) is 47.6 Å². The highest BCUT2D eigenvalue weighted by atomic mass is 16.5. The Morgan fingerprint density at radius 2 is 1.83 bits per heavy atom. The van der Waals surface area contributed by atoms with Crippen LogP contribution >= 0.6 is 0 Å². The molecule has 4 heteroatoms. The van der Waals surface area contributed by atoms with Gasteiger partial charge in [0.1, 0.15) is 18.1 Å². The van der Waals surface area contributed by atoms with E-state index in [1.165, 1.54) is 0 Å². The van der Waals surface area contributed by atoms with E-state index < -0.39 is 0 Å². The summed E-state index contributed by atoms with van der Waals surface area (Å²) in [5.74, 6) is 1.67. The van der Waals surface area contributed by atoms with Gasteiger partial charge in [0, 0.05) is 0 Å². The number of nitrogens with one attached hydrogen (secondary N) is 1. The van der Waals surface area contributed by atoms with Crippen LogP contribution in [0.4, 0.5) is 0 Å². The van der Waals surface area contributed by atoms with E-state index in [2.05, 4.69) is 5.32 Å². The van der Waals surface area contributed by atoms with Crippen molar-refractivity contribution in [1.29, 1.82) is 0 Å². The predicted octanol–water partition coefficient (Wildman–Crippen LogP) is 3.44. The minimum Gasteiger partial charge on any atom is -0.496 e. The largest absolute Gasteiger partial charge is 0.496 e. The van der Waals surface area contributed by atoms with Crippen molar-refractivity contribution in [2.24, 2.45) is 0 Å². The molecule has 1 amide bonds. The molecule has 0 saturated carbocycles. The summed E-state index contributed by atoms with van der Waals surface area (Å²) in [6.07, 6.45) is 0.347. The number of rotatable bonds is 7. The van der Waals surface area contributed by atoms with E-state index in [0.29, 0.717) is 13.0 Å². The van der Waals surface area contributed by atoms with Crippen molar-refractivity contribution in [1.82, 2.24) is 5.32 Å². The van der Waals surface area contributed by atoms with Crippen LogP contribution in [0.1, 0.15) is 23.6 Å². The van der Waals surface area contributed by atoms with E-state index in [-0.39, 0.29) is 11.9 Å². The lowest BCUT2D eigenvalue weighted by molar-refractivity contribution is -0.121. The molecule has 0 aliphatic carbocycles. The molecule has 0 saturated heterocycles. The predicted molar refractivity (Wildman–Crippen MR) is 95.7 cm³/mol. The third-order valence-electron chi connectivity index (χ3n) is 3.81. The lowest BCUT2D eigenvalue weighted by Gasteiger charge is -2.16. The molecule has 2 aromatic carbocycles. The van der Waals surface area contributed by atoms with Crippen LogP contribution < -0.4 is 14.8 Å². The minimum absolute atomic E-state index is 0.0135. The molecule has 0 aliphatic heterocycles. The molecule has 1 unspecified atom stereocenters. The van der Waals surface area contributed by atoms with Gasteiger partial charge in [0.15, 0.2) is 0 Å². The molecular weight excluding hydrogens is 302 g/mol. The van der Waals surface area contributed by atoms with Crippen LogP contribution in [0.15, 0.2) is 42.5 Å². The lowest BCUT2D eigenvalue weighted by Crippen LogP contribution is -2.37. The Labute approximate surface area is 143 Å². The normalized spacial score (nSPS) is 11.7. The standard InChI is InChI=1S/C20H25NO3/c1-14-7-5-6-8-19(14)24-13-16(3)21-20(22)12-17-9-10-18(23-4)15(2)11-17/h5-11,16H,12-13H2,1-4H3,(H,21,22). The fourth-order valence-corrected chi connectivity index (χ4v) is 2.54. The van der Waals surface area contributed by atoms with Crippen LogP contribution in [0.5, 0.6) is 11.5 Å². The molecule has 2 rings (SSSR count). The van der Waals surface area contributed by atoms with Crippen LogP contribution in [-0.4, -0.2) is 25.7 Å². The molecule has 2 aromatic rings. The summed E-state index contributed by atoms with van der Waals surface area (Å²) in [6, 6.07) is 13.6. The maximum absolute atomic E-state index is 12.2. The van der Waals surface area contributed by atoms with Gasteiger partial charge in [0.05, 0.1) is 19.6 Å². The summed E-state index contributed by atoms with van der Waals surface area (Å²) in [6.45, 7) is 6.36. The molecule has 4 nitrogen and oxygen atoms in total. The van der Waals surface area contributed by atoms with Crippen molar-refractivity contribution < 1.29 is 14.3 Å². The number of aryl methyl sites for hydroxylation is 2. The first-order chi connectivity index (χ1) is 11.5. The minimum atomic E-state index is -0.0588. The molecule has 128 valence electrons. The maximum Gasteiger partial charge on any atom is 0.224 e. The summed E-state index contributed by atoms with van der Waals surface area (Å²) in [5.41, 5.74) is 3.08. The van der Waals surface area contributed by atoms with Gasteiger partial charge in [-0.15, -0.1) is 0 Å². The van der Waals surface area contributed by atoms with Gasteiger partial charge >= 0.3 is 0 Å². The van der Waals surface area contributed by atoms with Crippen molar-refractivity contribution in [3.8, 4) is 11.5 Å². The third kappa shape index (κ3) is 5.01. The van der Waals surface area contributed by atoms with E-state index in [4.69, 9.17) is 9.47 Å². The smallest absolute Gasteiger partial charge is 0.224 e. The molecule has 0 aliphatic rings. The summed E-state index contributed by atoms with van der Waals surface area (Å²) in [5, 5.41) is 2.97. The van der Waals surface area contributed by atoms with E-state index in [1.807, 2.05) is 63.2 Å². The first kappa shape index (κ1) is 17.9. The maximum atomic E-state index is 12.2. The number of amides is 1. The van der Waals surface area contributed by atoms with Crippen LogP contribution in [0.3, 0.4) is 0 Å². The van der Waals surface area contributed by atoms with Gasteiger partial charge in [0.2, 0.25) is 5.91 Å². The molecule has 0 radical (unpaired) electrons. The average molecular weight is 327 g/mol. The number of methoxy groups -OCH3 is 1. The third-order valence-corrected chi connectivity index (χ3v) is 3.81. The second kappa shape index (κ2) is 8.39. The highest BCUT2D eigenvalue weighted by Crippen LogP contribution is 2.19. The summed E-state index contributed by atoms with van der Waals surface area (Å²) < 4.78 is 11.0. The lowest BCUT2D eigenvalue weighted by atomic mass is 10.1. The van der Waals surface area contributed by atoms with E-state index in [1.54, 1.807) is 7.11 Å². The van der Waals surface area contributed by atoms with Crippen molar-refractivity contribution in [2.75, 3.05) is 13.7 Å². The SMILES string of the molecule is COc1ccc(CC(=O)NC(C)COc2ccccc2C)cc1C. The van der Waals surface area contributed by atoms with Gasteiger partial charge in [-0.3, -0.25) is 4.79 Å². The van der Waals surface area contributed by atoms with Gasteiger partial charge in [0.25, 0.3) is 0 Å². The zero-order valence-corrected chi connectivity index (χ0v) is 14.8. The van der Waals surface area contributed by atoms with Crippen molar-refractivity contribution in [2.45, 2.75) is 33.2 Å². The van der Waals surface area contributed by atoms with Crippen molar-refractivity contribution >= 4 is 5.91 Å². The Kier molecular flexibility index (Phi) is 6.24. The number of benzene rings is 2. The molecule has 1 atom stereocenters. The number of para-hydroxylation sites is 1. The Bertz CT molecular complexity index is 697. The van der Waals surface area contributed by atoms with E-state index in [0.717, 1.165) is 28.2 Å². The Morgan fingerprint density at radius 3 is 2.50 bits per heavy atom. The van der Waals surface area contributed by atoms with Gasteiger partial charge in [-0.05, 0) is 49.6 Å². The van der Waals surface area contributed by atoms with Gasteiger partial charge in [-0.2, -0.15) is 0 Å². The summed E-state index contributed by atoms with van der Waals surface area (Å²) >= 11 is 0. The highest BCUT2D eigenvalue weighted by molar-refractivity contribution is 5.79. The number of hydrogen-bond acceptors (Lipinski definition) is 3. The van der Waals surface area contributed by atoms with Gasteiger partial charge < -0.3 is 14.8 Å². The van der Waals surface area contributed by atoms with E-state index >= 15 is 0 Å². The molecule has 0 fully saturated rings. The van der Waals surface area contributed by atoms with Crippen LogP contribution in [0.25, 0.3) is 0 Å². The van der Waals surface area contributed by atoms with Crippen LogP contribution in [0.2, 0.25) is 0 Å². The second-order valence-corrected chi connectivity index (χ2v) is 6.03. The first-order valence-corrected chi connectivity index (χ1v) is 8.11. The molecule has 0 heterocycles. The molecule has 0 spiro atoms. The van der Waals surface area contributed by atoms with E-state index in [9.17, 15) is 4.79 Å². The number of carbonyl (C=O) groups excluding carboxylic acids is 1. The fraction of sp³-hybridized carbons (Fsp3) is 0.350. The van der Waals surface area contributed by atoms with Gasteiger partial charge in [-0.1, -0.05) is 30.3 Å². The second-order valence-electron chi connectivity index (χ2n) is 6.03. The Balaban J connectivity index is 1.83. The van der Waals surface area contributed by atoms with Crippen LogP contribution in [0, 0.1) is 13.8 Å². The highest BCUT2D eigenvalue weighted by Gasteiger charge is 2.10. The Hall–Kier alpha value is -2.49. The summed E-state index contributed by atoms with van der Waals surface area (Å²) in [4.78, 5) is 12.2. The molecule has 24 heavy (non-hydrogen) atoms. The Morgan fingerprint density at radius 1 is 1.08 bits per heavy atom. The summed E-state index contributed by atoms with van der Waals surface area (Å²) in [7, 11) is 1.64. The molecule has 1 N–H and O–H groups in total. The average Bonchev–Trinajstić information content (AvgIpc) is 2.54.